The molecule has 7 nitrogen and oxygen atoms in total. The van der Waals surface area contributed by atoms with Crippen molar-refractivity contribution in [1.29, 1.82) is 0 Å². The van der Waals surface area contributed by atoms with Gasteiger partial charge in [-0.3, -0.25) is 4.57 Å². The Morgan fingerprint density at radius 3 is 2.29 bits per heavy atom. The van der Waals surface area contributed by atoms with Crippen molar-refractivity contribution in [3.8, 4) is 0 Å². The first-order valence-electron chi connectivity index (χ1n) is 12.9. The zero-order valence-electron chi connectivity index (χ0n) is 21.2. The van der Waals surface area contributed by atoms with Gasteiger partial charge in [-0.15, -0.1) is 0 Å². The number of nitrogens with zero attached hydrogens (tertiary/aromatic N) is 2. The Balaban J connectivity index is 1.44. The van der Waals surface area contributed by atoms with Crippen molar-refractivity contribution in [3.05, 3.63) is 83.9 Å². The third-order valence-electron chi connectivity index (χ3n) is 7.58. The Morgan fingerprint density at radius 1 is 1.05 bits per heavy atom. The molecular weight excluding hydrogens is 513 g/mol. The average molecular weight is 549 g/mol. The van der Waals surface area contributed by atoms with Crippen LogP contribution in [0.4, 0.5) is 13.6 Å². The van der Waals surface area contributed by atoms with E-state index in [-0.39, 0.29) is 23.2 Å². The lowest BCUT2D eigenvalue weighted by molar-refractivity contribution is -0.0929. The Hall–Kier alpha value is -2.58. The molecule has 4 rings (SSSR count). The molecule has 2 fully saturated rings. The molecule has 1 heterocycles. The van der Waals surface area contributed by atoms with Crippen LogP contribution in [-0.2, 0) is 17.0 Å². The lowest BCUT2D eigenvalue weighted by Crippen LogP contribution is -2.36. The quantitative estimate of drug-likeness (QED) is 0.238. The van der Waals surface area contributed by atoms with Crippen LogP contribution >= 0.6 is 7.60 Å². The molecule has 3 N–H and O–H groups in total. The second-order valence-electron chi connectivity index (χ2n) is 10.5. The summed E-state index contributed by atoms with van der Waals surface area (Å²) >= 11 is 0. The van der Waals surface area contributed by atoms with E-state index in [1.165, 1.54) is 30.3 Å². The number of benzene rings is 2. The fraction of sp³-hybridized carbons (Fsp3) is 0.464. The topological polar surface area (TPSA) is 101 Å². The SMILES string of the molecule is O=C1N(Cc2ccccc2)C[C@H](/C=C/C(O)C(F)(F)c2ccccc2)N1CCCC1(CCP(=O)(O)O)CC1. The highest BCUT2D eigenvalue weighted by Gasteiger charge is 2.44. The van der Waals surface area contributed by atoms with Crippen LogP contribution in [0.15, 0.2) is 72.8 Å². The molecule has 1 saturated heterocycles. The fourth-order valence-corrected chi connectivity index (χ4v) is 5.85. The van der Waals surface area contributed by atoms with E-state index < -0.39 is 25.7 Å². The van der Waals surface area contributed by atoms with Gasteiger partial charge in [0.05, 0.1) is 12.2 Å². The fourth-order valence-electron chi connectivity index (χ4n) is 5.08. The van der Waals surface area contributed by atoms with Crippen LogP contribution in [0.2, 0.25) is 0 Å². The average Bonchev–Trinajstić information content (AvgIpc) is 3.61. The summed E-state index contributed by atoms with van der Waals surface area (Å²) in [4.78, 5) is 35.1. The number of aliphatic hydroxyl groups is 1. The lowest BCUT2D eigenvalue weighted by Gasteiger charge is -2.24. The zero-order chi connectivity index (χ0) is 27.4. The van der Waals surface area contributed by atoms with Crippen molar-refractivity contribution in [1.82, 2.24) is 9.80 Å². The van der Waals surface area contributed by atoms with Crippen LogP contribution in [0.5, 0.6) is 0 Å². The minimum absolute atomic E-state index is 0.0904. The molecule has 2 aromatic rings. The third-order valence-corrected chi connectivity index (χ3v) is 8.39. The van der Waals surface area contributed by atoms with Crippen molar-refractivity contribution >= 4 is 13.6 Å². The zero-order valence-corrected chi connectivity index (χ0v) is 22.1. The predicted octanol–water partition coefficient (Wildman–Crippen LogP) is 5.13. The number of amides is 2. The van der Waals surface area contributed by atoms with Gasteiger partial charge in [-0.05, 0) is 43.1 Å². The van der Waals surface area contributed by atoms with E-state index in [2.05, 4.69) is 0 Å². The third kappa shape index (κ3) is 7.29. The molecule has 1 saturated carbocycles. The number of halogens is 2. The van der Waals surface area contributed by atoms with Crippen molar-refractivity contribution in [2.45, 2.75) is 56.7 Å². The first-order chi connectivity index (χ1) is 18.0. The molecule has 1 aliphatic carbocycles. The molecule has 2 aliphatic rings. The summed E-state index contributed by atoms with van der Waals surface area (Å²) in [6, 6.07) is 16.0. The van der Waals surface area contributed by atoms with Crippen molar-refractivity contribution < 1.29 is 33.0 Å². The van der Waals surface area contributed by atoms with E-state index in [0.29, 0.717) is 32.5 Å². The predicted molar refractivity (Wildman–Crippen MR) is 141 cm³/mol. The molecule has 206 valence electrons. The van der Waals surface area contributed by atoms with Gasteiger partial charge in [-0.2, -0.15) is 8.78 Å². The van der Waals surface area contributed by atoms with Crippen LogP contribution in [0.1, 0.15) is 43.2 Å². The van der Waals surface area contributed by atoms with Gasteiger partial charge < -0.3 is 24.7 Å². The summed E-state index contributed by atoms with van der Waals surface area (Å²) in [5.74, 6) is -3.48. The van der Waals surface area contributed by atoms with Gasteiger partial charge in [-0.25, -0.2) is 4.79 Å². The number of urea groups is 1. The van der Waals surface area contributed by atoms with E-state index in [0.717, 1.165) is 30.9 Å². The number of carbonyl (C=O) groups excluding carboxylic acids is 1. The number of hydrogen-bond donors (Lipinski definition) is 3. The van der Waals surface area contributed by atoms with Crippen molar-refractivity contribution in [2.75, 3.05) is 19.3 Å². The van der Waals surface area contributed by atoms with Gasteiger partial charge in [0.15, 0.2) is 0 Å². The molecule has 0 radical (unpaired) electrons. The van der Waals surface area contributed by atoms with E-state index in [4.69, 9.17) is 0 Å². The maximum Gasteiger partial charge on any atom is 0.325 e. The van der Waals surface area contributed by atoms with E-state index in [1.807, 2.05) is 30.3 Å². The Morgan fingerprint density at radius 2 is 1.68 bits per heavy atom. The number of carbonyl (C=O) groups is 1. The summed E-state index contributed by atoms with van der Waals surface area (Å²) in [7, 11) is -4.06. The molecule has 0 aromatic heterocycles. The van der Waals surface area contributed by atoms with Crippen LogP contribution in [0, 0.1) is 5.41 Å². The highest BCUT2D eigenvalue weighted by atomic mass is 31.2. The Kier molecular flexibility index (Phi) is 8.72. The van der Waals surface area contributed by atoms with E-state index >= 15 is 0 Å². The standard InChI is InChI=1S/C28H35F2N2O5P/c29-28(30,23-10-5-2-6-11-23)25(33)13-12-24-21-31(20-22-8-3-1-4-9-22)26(34)32(24)18-7-14-27(15-16-27)17-19-38(35,36)37/h1-6,8-13,24-25,33H,7,14-21H2,(H2,35,36,37)/b13-12+/t24-,25?/m0/s1. The summed E-state index contributed by atoms with van der Waals surface area (Å²) < 4.78 is 40.9. The highest BCUT2D eigenvalue weighted by molar-refractivity contribution is 7.51. The summed E-state index contributed by atoms with van der Waals surface area (Å²) in [5.41, 5.74) is 0.579. The van der Waals surface area contributed by atoms with Gasteiger partial charge in [-0.1, -0.05) is 72.8 Å². The molecule has 1 aliphatic heterocycles. The summed E-state index contributed by atoms with van der Waals surface area (Å²) in [6.45, 7) is 1.08. The minimum Gasteiger partial charge on any atom is -0.382 e. The van der Waals surface area contributed by atoms with Gasteiger partial charge in [0.1, 0.15) is 6.10 Å². The molecule has 0 bridgehead atoms. The first-order valence-corrected chi connectivity index (χ1v) is 14.7. The van der Waals surface area contributed by atoms with Gasteiger partial charge in [0, 0.05) is 25.2 Å². The molecule has 2 atom stereocenters. The van der Waals surface area contributed by atoms with E-state index in [9.17, 15) is 33.0 Å². The largest absolute Gasteiger partial charge is 0.382 e. The maximum absolute atomic E-state index is 14.8. The maximum atomic E-state index is 14.8. The minimum atomic E-state index is -4.06. The monoisotopic (exact) mass is 548 g/mol. The summed E-state index contributed by atoms with van der Waals surface area (Å²) in [5, 5.41) is 10.3. The number of rotatable bonds is 13. The van der Waals surface area contributed by atoms with Crippen molar-refractivity contribution in [3.63, 3.8) is 0 Å². The highest BCUT2D eigenvalue weighted by Crippen LogP contribution is 2.55. The Labute approximate surface area is 221 Å². The van der Waals surface area contributed by atoms with Crippen molar-refractivity contribution in [2.24, 2.45) is 5.41 Å². The smallest absolute Gasteiger partial charge is 0.325 e. The normalized spacial score (nSPS) is 20.3. The summed E-state index contributed by atoms with van der Waals surface area (Å²) in [6.07, 6.45) is 4.02. The van der Waals surface area contributed by atoms with Crippen LogP contribution in [0.3, 0.4) is 0 Å². The molecule has 1 unspecified atom stereocenters. The number of alkyl halides is 2. The second-order valence-corrected chi connectivity index (χ2v) is 12.2. The molecule has 2 amide bonds. The van der Waals surface area contributed by atoms with Crippen LogP contribution < -0.4 is 0 Å². The van der Waals surface area contributed by atoms with Gasteiger partial charge in [0.25, 0.3) is 0 Å². The molecule has 10 heteroatoms. The van der Waals surface area contributed by atoms with Gasteiger partial charge >= 0.3 is 19.5 Å². The lowest BCUT2D eigenvalue weighted by atomic mass is 9.97. The second kappa shape index (κ2) is 11.7. The molecular formula is C28H35F2N2O5P. The molecule has 0 spiro atoms. The number of hydrogen-bond acceptors (Lipinski definition) is 3. The first kappa shape index (κ1) is 28.4. The van der Waals surface area contributed by atoms with Crippen LogP contribution in [0.25, 0.3) is 0 Å². The number of aliphatic hydroxyl groups excluding tert-OH is 1. The molecule has 38 heavy (non-hydrogen) atoms. The van der Waals surface area contributed by atoms with Gasteiger partial charge in [0.2, 0.25) is 0 Å². The Bertz CT molecular complexity index is 1150. The van der Waals surface area contributed by atoms with Crippen LogP contribution in [-0.4, -0.2) is 62.1 Å². The van der Waals surface area contributed by atoms with E-state index in [1.54, 1.807) is 15.9 Å². The molecule has 2 aromatic carbocycles.